The van der Waals surface area contributed by atoms with Crippen molar-refractivity contribution in [3.8, 4) is 11.4 Å². The quantitative estimate of drug-likeness (QED) is 0.305. The highest BCUT2D eigenvalue weighted by atomic mass is 32.1. The Kier molecular flexibility index (Phi) is 8.40. The number of fused-ring (bicyclic) bond motifs is 2. The molecule has 0 atom stereocenters. The van der Waals surface area contributed by atoms with Crippen LogP contribution in [0.1, 0.15) is 17.7 Å². The maximum Gasteiger partial charge on any atom is 0.401 e. The molecule has 1 aromatic carbocycles. The first-order valence-corrected chi connectivity index (χ1v) is 14.8. The molecule has 0 spiro atoms. The Morgan fingerprint density at radius 1 is 1.15 bits per heavy atom. The molecule has 2 aliphatic heterocycles. The zero-order valence-electron chi connectivity index (χ0n) is 23.0. The third kappa shape index (κ3) is 6.49. The second-order valence-corrected chi connectivity index (χ2v) is 11.8. The Morgan fingerprint density at radius 2 is 1.95 bits per heavy atom. The Bertz CT molecular complexity index is 1460. The minimum absolute atomic E-state index is 0.0996. The number of nitrogens with zero attached hydrogens (tertiary/aromatic N) is 6. The van der Waals surface area contributed by atoms with Crippen molar-refractivity contribution in [2.45, 2.75) is 31.6 Å². The molecule has 2 aliphatic rings. The van der Waals surface area contributed by atoms with Gasteiger partial charge in [-0.3, -0.25) is 14.9 Å². The number of ether oxygens (including phenoxy) is 2. The fourth-order valence-corrected chi connectivity index (χ4v) is 6.96. The lowest BCUT2D eigenvalue weighted by Gasteiger charge is -2.38. The highest BCUT2D eigenvalue weighted by Crippen LogP contribution is 2.36. The van der Waals surface area contributed by atoms with E-state index in [1.165, 1.54) is 16.9 Å². The molecule has 41 heavy (non-hydrogen) atoms. The fraction of sp³-hybridized carbons (Fsp3) is 0.536. The predicted octanol–water partition coefficient (Wildman–Crippen LogP) is 4.55. The molecule has 6 rings (SSSR count). The van der Waals surface area contributed by atoms with Crippen LogP contribution in [0.2, 0.25) is 0 Å². The van der Waals surface area contributed by atoms with E-state index in [0.717, 1.165) is 65.2 Å². The van der Waals surface area contributed by atoms with Gasteiger partial charge in [0.25, 0.3) is 0 Å². The largest absolute Gasteiger partial charge is 0.401 e. The molecule has 0 saturated carbocycles. The van der Waals surface area contributed by atoms with Crippen LogP contribution in [-0.2, 0) is 16.0 Å². The molecule has 0 aliphatic carbocycles. The summed E-state index contributed by atoms with van der Waals surface area (Å²) in [6.07, 6.45) is -1.02. The average Bonchev–Trinajstić information content (AvgIpc) is 3.62. The van der Waals surface area contributed by atoms with Crippen molar-refractivity contribution in [2.24, 2.45) is 0 Å². The number of alkyl halides is 3. The molecule has 2 saturated heterocycles. The van der Waals surface area contributed by atoms with Gasteiger partial charge < -0.3 is 14.4 Å². The molecule has 0 amide bonds. The van der Waals surface area contributed by atoms with Gasteiger partial charge >= 0.3 is 6.18 Å². The number of hydrogen-bond acceptors (Lipinski definition) is 9. The van der Waals surface area contributed by atoms with Crippen LogP contribution in [0, 0.1) is 0 Å². The van der Waals surface area contributed by atoms with Gasteiger partial charge in [0, 0.05) is 68.2 Å². The number of aromatic amines is 1. The monoisotopic (exact) mass is 589 g/mol. The lowest BCUT2D eigenvalue weighted by Crippen LogP contribution is -2.48. The molecular formula is C28H34F3N7O2S. The second kappa shape index (κ2) is 12.2. The number of nitrogens with one attached hydrogen (secondary N) is 1. The zero-order valence-corrected chi connectivity index (χ0v) is 23.8. The second-order valence-electron chi connectivity index (χ2n) is 10.6. The third-order valence-electron chi connectivity index (χ3n) is 7.86. The smallest absolute Gasteiger partial charge is 0.383 e. The predicted molar refractivity (Wildman–Crippen MR) is 153 cm³/mol. The van der Waals surface area contributed by atoms with Crippen molar-refractivity contribution in [1.29, 1.82) is 0 Å². The van der Waals surface area contributed by atoms with Crippen molar-refractivity contribution in [3.05, 3.63) is 35.3 Å². The third-order valence-corrected chi connectivity index (χ3v) is 8.96. The number of anilines is 1. The maximum absolute atomic E-state index is 13.2. The molecule has 0 unspecified atom stereocenters. The molecule has 1 N–H and O–H groups in total. The van der Waals surface area contributed by atoms with Crippen LogP contribution in [0.3, 0.4) is 0 Å². The summed E-state index contributed by atoms with van der Waals surface area (Å²) in [6.45, 7) is 4.75. The van der Waals surface area contributed by atoms with Crippen LogP contribution >= 0.6 is 11.3 Å². The van der Waals surface area contributed by atoms with E-state index in [4.69, 9.17) is 19.4 Å². The summed E-state index contributed by atoms with van der Waals surface area (Å²) in [6, 6.07) is 8.03. The molecular weight excluding hydrogens is 555 g/mol. The molecule has 0 bridgehead atoms. The lowest BCUT2D eigenvalue weighted by molar-refractivity contribution is -0.154. The SMILES string of the molecule is COCCN(CC(F)(F)F)C1CCN(Cc2cc3nc(-c4cccc5[nH]ncc45)nc(N4CCOCC4)c3s2)CC1. The van der Waals surface area contributed by atoms with Crippen LogP contribution in [0.15, 0.2) is 30.5 Å². The number of halogens is 3. The highest BCUT2D eigenvalue weighted by Gasteiger charge is 2.35. The van der Waals surface area contributed by atoms with Gasteiger partial charge in [0.2, 0.25) is 0 Å². The molecule has 5 heterocycles. The van der Waals surface area contributed by atoms with Crippen LogP contribution in [-0.4, -0.2) is 108 Å². The van der Waals surface area contributed by atoms with E-state index >= 15 is 0 Å². The van der Waals surface area contributed by atoms with Crippen molar-refractivity contribution in [2.75, 3.05) is 71.1 Å². The molecule has 2 fully saturated rings. The molecule has 0 radical (unpaired) electrons. The van der Waals surface area contributed by atoms with Gasteiger partial charge in [-0.25, -0.2) is 9.97 Å². The average molecular weight is 590 g/mol. The van der Waals surface area contributed by atoms with Gasteiger partial charge in [0.15, 0.2) is 11.6 Å². The summed E-state index contributed by atoms with van der Waals surface area (Å²) in [4.78, 5) is 17.4. The van der Waals surface area contributed by atoms with E-state index < -0.39 is 12.7 Å². The Labute approximate surface area is 240 Å². The van der Waals surface area contributed by atoms with E-state index in [-0.39, 0.29) is 12.6 Å². The minimum atomic E-state index is -4.22. The van der Waals surface area contributed by atoms with Crippen LogP contribution in [0.25, 0.3) is 32.5 Å². The van der Waals surface area contributed by atoms with Crippen LogP contribution in [0.5, 0.6) is 0 Å². The minimum Gasteiger partial charge on any atom is -0.383 e. The summed E-state index contributed by atoms with van der Waals surface area (Å²) in [5.41, 5.74) is 2.77. The Hall–Kier alpha value is -2.84. The van der Waals surface area contributed by atoms with Gasteiger partial charge in [-0.2, -0.15) is 18.3 Å². The number of rotatable bonds is 9. The zero-order chi connectivity index (χ0) is 28.4. The summed E-state index contributed by atoms with van der Waals surface area (Å²) in [7, 11) is 1.52. The summed E-state index contributed by atoms with van der Waals surface area (Å²) in [5.74, 6) is 1.58. The van der Waals surface area contributed by atoms with E-state index in [9.17, 15) is 13.2 Å². The van der Waals surface area contributed by atoms with Gasteiger partial charge in [-0.15, -0.1) is 11.3 Å². The number of methoxy groups -OCH3 is 1. The topological polar surface area (TPSA) is 82.6 Å². The standard InChI is InChI=1S/C28H34F3N7O2S/c1-39-12-9-38(18-28(29,30)31)19-5-7-36(8-6-19)17-20-15-24-25(41-20)27(37-10-13-40-14-11-37)34-26(33-24)21-3-2-4-23-22(21)16-32-35-23/h2-4,15-16,19H,5-14,17-18H2,1H3,(H,32,35). The van der Waals surface area contributed by atoms with Gasteiger partial charge in [0.1, 0.15) is 0 Å². The van der Waals surface area contributed by atoms with E-state index in [2.05, 4.69) is 26.1 Å². The number of piperidine rings is 1. The molecule has 4 aromatic rings. The van der Waals surface area contributed by atoms with Gasteiger partial charge in [-0.05, 0) is 25.0 Å². The number of hydrogen-bond donors (Lipinski definition) is 1. The Balaban J connectivity index is 1.23. The maximum atomic E-state index is 13.2. The number of morpholine rings is 1. The number of H-pyrrole nitrogens is 1. The summed E-state index contributed by atoms with van der Waals surface area (Å²) in [5, 5.41) is 8.20. The van der Waals surface area contributed by atoms with Crippen molar-refractivity contribution >= 4 is 38.3 Å². The lowest BCUT2D eigenvalue weighted by atomic mass is 10.0. The van der Waals surface area contributed by atoms with Gasteiger partial charge in [-0.1, -0.05) is 12.1 Å². The van der Waals surface area contributed by atoms with E-state index in [1.807, 2.05) is 18.2 Å². The van der Waals surface area contributed by atoms with Crippen molar-refractivity contribution in [3.63, 3.8) is 0 Å². The fourth-order valence-electron chi connectivity index (χ4n) is 5.81. The first-order valence-electron chi connectivity index (χ1n) is 14.0. The number of aromatic nitrogens is 4. The Morgan fingerprint density at radius 3 is 2.71 bits per heavy atom. The highest BCUT2D eigenvalue weighted by molar-refractivity contribution is 7.19. The molecule has 3 aromatic heterocycles. The molecule has 9 nitrogen and oxygen atoms in total. The summed E-state index contributed by atoms with van der Waals surface area (Å²) < 4.78 is 51.3. The molecule has 13 heteroatoms. The van der Waals surface area contributed by atoms with Crippen LogP contribution in [0.4, 0.5) is 19.0 Å². The summed E-state index contributed by atoms with van der Waals surface area (Å²) >= 11 is 1.70. The first-order chi connectivity index (χ1) is 19.9. The number of thiophene rings is 1. The number of benzene rings is 1. The first kappa shape index (κ1) is 28.3. The van der Waals surface area contributed by atoms with E-state index in [1.54, 1.807) is 17.5 Å². The van der Waals surface area contributed by atoms with Crippen molar-refractivity contribution in [1.82, 2.24) is 30.0 Å². The number of likely N-dealkylation sites (tertiary alicyclic amines) is 1. The van der Waals surface area contributed by atoms with Crippen LogP contribution < -0.4 is 4.90 Å². The van der Waals surface area contributed by atoms with Crippen molar-refractivity contribution < 1.29 is 22.6 Å². The normalized spacial score (nSPS) is 17.8. The molecule has 220 valence electrons. The van der Waals surface area contributed by atoms with Gasteiger partial charge in [0.05, 0.1) is 48.3 Å². The van der Waals surface area contributed by atoms with E-state index in [0.29, 0.717) is 38.5 Å².